The molecule has 0 unspecified atom stereocenters. The molecule has 0 atom stereocenters. The zero-order valence-electron chi connectivity index (χ0n) is 12.3. The second-order valence-corrected chi connectivity index (χ2v) is 6.84. The number of hydrogen-bond donors (Lipinski definition) is 1. The molecule has 1 aromatic carbocycles. The molecule has 7 heteroatoms. The van der Waals surface area contributed by atoms with Crippen LogP contribution in [0, 0.1) is 6.92 Å². The lowest BCUT2D eigenvalue weighted by molar-refractivity contribution is 0.578. The van der Waals surface area contributed by atoms with Crippen molar-refractivity contribution < 1.29 is 8.42 Å². The van der Waals surface area contributed by atoms with Crippen molar-refractivity contribution in [1.82, 2.24) is 19.3 Å². The van der Waals surface area contributed by atoms with E-state index in [9.17, 15) is 8.42 Å². The summed E-state index contributed by atoms with van der Waals surface area (Å²) in [7, 11) is -1.74. The Morgan fingerprint density at radius 2 is 1.91 bits per heavy atom. The Morgan fingerprint density at radius 1 is 1.18 bits per heavy atom. The Morgan fingerprint density at radius 3 is 2.59 bits per heavy atom. The van der Waals surface area contributed by atoms with E-state index < -0.39 is 10.0 Å². The fourth-order valence-corrected chi connectivity index (χ4v) is 3.17. The minimum absolute atomic E-state index is 0.114. The molecule has 0 bridgehead atoms. The number of hydrogen-bond acceptors (Lipinski definition) is 4. The quantitative estimate of drug-likeness (QED) is 0.795. The molecule has 1 N–H and O–H groups in total. The number of aryl methyl sites for hydroxylation is 2. The Hall–Kier alpha value is -2.25. The molecule has 3 rings (SSSR count). The van der Waals surface area contributed by atoms with Crippen molar-refractivity contribution in [2.45, 2.75) is 18.4 Å². The third-order valence-corrected chi connectivity index (χ3v) is 4.89. The lowest BCUT2D eigenvalue weighted by Crippen LogP contribution is -2.24. The highest BCUT2D eigenvalue weighted by Crippen LogP contribution is 2.13. The predicted octanol–water partition coefficient (Wildman–Crippen LogP) is 1.76. The maximum atomic E-state index is 12.3. The van der Waals surface area contributed by atoms with E-state index in [1.165, 1.54) is 0 Å². The van der Waals surface area contributed by atoms with Gasteiger partial charge in [-0.1, -0.05) is 17.7 Å². The van der Waals surface area contributed by atoms with Crippen LogP contribution < -0.4 is 4.72 Å². The predicted molar refractivity (Wildman–Crippen MR) is 83.7 cm³/mol. The van der Waals surface area contributed by atoms with Gasteiger partial charge in [0, 0.05) is 13.2 Å². The highest BCUT2D eigenvalue weighted by molar-refractivity contribution is 7.89. The average molecular weight is 316 g/mol. The minimum atomic E-state index is -3.55. The van der Waals surface area contributed by atoms with Gasteiger partial charge in [-0.3, -0.25) is 0 Å². The molecule has 0 radical (unpaired) electrons. The van der Waals surface area contributed by atoms with E-state index in [0.29, 0.717) is 5.82 Å². The molecular weight excluding hydrogens is 300 g/mol. The Balaban J connectivity index is 1.84. The summed E-state index contributed by atoms with van der Waals surface area (Å²) >= 11 is 0. The Labute approximate surface area is 128 Å². The van der Waals surface area contributed by atoms with E-state index >= 15 is 0 Å². The van der Waals surface area contributed by atoms with E-state index in [-0.39, 0.29) is 11.4 Å². The van der Waals surface area contributed by atoms with Crippen LogP contribution in [-0.4, -0.2) is 23.0 Å². The Kier molecular flexibility index (Phi) is 3.67. The lowest BCUT2D eigenvalue weighted by Gasteiger charge is -2.07. The van der Waals surface area contributed by atoms with Gasteiger partial charge in [0.2, 0.25) is 10.0 Å². The molecule has 0 fully saturated rings. The number of fused-ring (bicyclic) bond motifs is 1. The van der Waals surface area contributed by atoms with Crippen molar-refractivity contribution in [3.05, 3.63) is 54.0 Å². The molecule has 2 heterocycles. The van der Waals surface area contributed by atoms with Crippen LogP contribution in [0.3, 0.4) is 0 Å². The monoisotopic (exact) mass is 316 g/mol. The highest BCUT2D eigenvalue weighted by atomic mass is 32.2. The van der Waals surface area contributed by atoms with Gasteiger partial charge in [-0.15, -0.1) is 0 Å². The summed E-state index contributed by atoms with van der Waals surface area (Å²) in [5.74, 6) is 0.615. The summed E-state index contributed by atoms with van der Waals surface area (Å²) < 4.78 is 28.9. The van der Waals surface area contributed by atoms with Gasteiger partial charge >= 0.3 is 0 Å². The summed E-state index contributed by atoms with van der Waals surface area (Å²) in [6.07, 6.45) is 1.68. The molecule has 0 aliphatic carbocycles. The normalized spacial score (nSPS) is 11.9. The molecule has 22 heavy (non-hydrogen) atoms. The summed E-state index contributed by atoms with van der Waals surface area (Å²) in [5, 5.41) is 0. The first-order valence-electron chi connectivity index (χ1n) is 6.80. The van der Waals surface area contributed by atoms with Crippen LogP contribution in [0.1, 0.15) is 11.4 Å². The molecule has 0 spiro atoms. The number of pyridine rings is 1. The number of aromatic nitrogens is 3. The smallest absolute Gasteiger partial charge is 0.240 e. The van der Waals surface area contributed by atoms with E-state index in [0.717, 1.165) is 16.7 Å². The second-order valence-electron chi connectivity index (χ2n) is 5.07. The van der Waals surface area contributed by atoms with Crippen molar-refractivity contribution in [1.29, 1.82) is 0 Å². The van der Waals surface area contributed by atoms with E-state index in [1.54, 1.807) is 41.1 Å². The standard InChI is InChI=1S/C15H16N4O2S/c1-11-5-7-12(8-6-11)22(20,21)17-10-14-18-13-4-3-9-16-15(13)19(14)2/h3-9,17H,10H2,1-2H3. The molecule has 0 saturated carbocycles. The first kappa shape index (κ1) is 14.7. The molecule has 114 valence electrons. The van der Waals surface area contributed by atoms with Crippen LogP contribution in [0.15, 0.2) is 47.5 Å². The van der Waals surface area contributed by atoms with Crippen LogP contribution >= 0.6 is 0 Å². The molecule has 0 amide bonds. The second kappa shape index (κ2) is 5.51. The van der Waals surface area contributed by atoms with Gasteiger partial charge < -0.3 is 4.57 Å². The van der Waals surface area contributed by atoms with Gasteiger partial charge in [0.25, 0.3) is 0 Å². The molecule has 6 nitrogen and oxygen atoms in total. The largest absolute Gasteiger partial charge is 0.315 e. The number of nitrogens with zero attached hydrogens (tertiary/aromatic N) is 3. The van der Waals surface area contributed by atoms with Crippen LogP contribution in [0.2, 0.25) is 0 Å². The van der Waals surface area contributed by atoms with Crippen LogP contribution in [0.5, 0.6) is 0 Å². The number of nitrogens with one attached hydrogen (secondary N) is 1. The third kappa shape index (κ3) is 2.72. The molecule has 0 aliphatic rings. The van der Waals surface area contributed by atoms with Gasteiger partial charge in [0.05, 0.1) is 11.4 Å². The van der Waals surface area contributed by atoms with Crippen molar-refractivity contribution in [2.24, 2.45) is 7.05 Å². The topological polar surface area (TPSA) is 76.9 Å². The van der Waals surface area contributed by atoms with Gasteiger partial charge in [-0.05, 0) is 31.2 Å². The number of rotatable bonds is 4. The van der Waals surface area contributed by atoms with Crippen molar-refractivity contribution in [3.8, 4) is 0 Å². The first-order valence-corrected chi connectivity index (χ1v) is 8.28. The van der Waals surface area contributed by atoms with Crippen LogP contribution in [0.4, 0.5) is 0 Å². The summed E-state index contributed by atoms with van der Waals surface area (Å²) in [5.41, 5.74) is 2.49. The van der Waals surface area contributed by atoms with Gasteiger partial charge in [0.15, 0.2) is 5.65 Å². The fraction of sp³-hybridized carbons (Fsp3) is 0.200. The first-order chi connectivity index (χ1) is 10.5. The van der Waals surface area contributed by atoms with E-state index in [4.69, 9.17) is 0 Å². The molecule has 0 saturated heterocycles. The SMILES string of the molecule is Cc1ccc(S(=O)(=O)NCc2nc3cccnc3n2C)cc1. The summed E-state index contributed by atoms with van der Waals surface area (Å²) in [6, 6.07) is 10.4. The molecule has 2 aromatic heterocycles. The number of benzene rings is 1. The zero-order chi connectivity index (χ0) is 15.7. The average Bonchev–Trinajstić information content (AvgIpc) is 2.83. The molecule has 0 aliphatic heterocycles. The highest BCUT2D eigenvalue weighted by Gasteiger charge is 2.15. The molecular formula is C15H16N4O2S. The van der Waals surface area contributed by atoms with Gasteiger partial charge in [-0.2, -0.15) is 0 Å². The number of sulfonamides is 1. The van der Waals surface area contributed by atoms with Gasteiger partial charge in [-0.25, -0.2) is 23.1 Å². The minimum Gasteiger partial charge on any atom is -0.315 e. The van der Waals surface area contributed by atoms with Crippen LogP contribution in [-0.2, 0) is 23.6 Å². The fourth-order valence-electron chi connectivity index (χ4n) is 2.19. The van der Waals surface area contributed by atoms with Crippen LogP contribution in [0.25, 0.3) is 11.2 Å². The zero-order valence-corrected chi connectivity index (χ0v) is 13.1. The van der Waals surface area contributed by atoms with Crippen molar-refractivity contribution in [2.75, 3.05) is 0 Å². The van der Waals surface area contributed by atoms with Gasteiger partial charge in [0.1, 0.15) is 11.3 Å². The lowest BCUT2D eigenvalue weighted by atomic mass is 10.2. The maximum absolute atomic E-state index is 12.3. The van der Waals surface area contributed by atoms with Crippen molar-refractivity contribution in [3.63, 3.8) is 0 Å². The van der Waals surface area contributed by atoms with E-state index in [2.05, 4.69) is 14.7 Å². The summed E-state index contributed by atoms with van der Waals surface area (Å²) in [4.78, 5) is 8.88. The number of imidazole rings is 1. The molecule has 3 aromatic rings. The summed E-state index contributed by atoms with van der Waals surface area (Å²) in [6.45, 7) is 2.03. The van der Waals surface area contributed by atoms with Crippen molar-refractivity contribution >= 4 is 21.2 Å². The third-order valence-electron chi connectivity index (χ3n) is 3.47. The van der Waals surface area contributed by atoms with E-state index in [1.807, 2.05) is 20.0 Å². The Bertz CT molecular complexity index is 914. The maximum Gasteiger partial charge on any atom is 0.240 e.